The van der Waals surface area contributed by atoms with Gasteiger partial charge in [-0.05, 0) is 52.9 Å². The second-order valence-corrected chi connectivity index (χ2v) is 7.24. The Morgan fingerprint density at radius 3 is 2.00 bits per heavy atom. The molecule has 1 N–H and O–H groups in total. The molecule has 0 amide bonds. The van der Waals surface area contributed by atoms with Crippen LogP contribution in [0.2, 0.25) is 0 Å². The van der Waals surface area contributed by atoms with Gasteiger partial charge in [0.15, 0.2) is 0 Å². The molecule has 2 nitrogen and oxygen atoms in total. The van der Waals surface area contributed by atoms with Crippen molar-refractivity contribution in [2.45, 2.75) is 61.3 Å². The highest BCUT2D eigenvalue weighted by Gasteiger charge is 2.22. The van der Waals surface area contributed by atoms with Gasteiger partial charge in [0.2, 0.25) is 0 Å². The van der Waals surface area contributed by atoms with E-state index in [4.69, 9.17) is 0 Å². The van der Waals surface area contributed by atoms with Crippen LogP contribution in [0.3, 0.4) is 0 Å². The molecule has 0 bridgehead atoms. The minimum Gasteiger partial charge on any atom is -0.376 e. The molecule has 0 aliphatic carbocycles. The molecule has 0 aliphatic rings. The summed E-state index contributed by atoms with van der Waals surface area (Å²) in [5.74, 6) is 1.03. The summed E-state index contributed by atoms with van der Waals surface area (Å²) in [5.41, 5.74) is 3.06. The highest BCUT2D eigenvalue weighted by atomic mass is 15.0. The van der Waals surface area contributed by atoms with Crippen LogP contribution in [0, 0.1) is 10.8 Å². The van der Waals surface area contributed by atoms with E-state index in [9.17, 15) is 0 Å². The normalized spacial score (nSPS) is 14.2. The molecule has 0 atom stereocenters. The Labute approximate surface area is 126 Å². The van der Waals surface area contributed by atoms with Gasteiger partial charge in [0.1, 0.15) is 5.84 Å². The second kappa shape index (κ2) is 7.66. The van der Waals surface area contributed by atoms with Gasteiger partial charge in [-0.3, -0.25) is 4.99 Å². The summed E-state index contributed by atoms with van der Waals surface area (Å²) in [6, 6.07) is 0. The number of rotatable bonds is 6. The molecule has 0 aromatic rings. The minimum absolute atomic E-state index is 0.0335. The Morgan fingerprint density at radius 2 is 1.60 bits per heavy atom. The fraction of sp³-hybridized carbons (Fsp3) is 0.722. The number of nitrogens with zero attached hydrogens (tertiary/aromatic N) is 1. The van der Waals surface area contributed by atoms with Gasteiger partial charge in [0, 0.05) is 19.5 Å². The van der Waals surface area contributed by atoms with E-state index in [1.54, 1.807) is 0 Å². The molecule has 0 radical (unpaired) electrons. The number of allylic oxidation sites excluding steroid dienone is 3. The van der Waals surface area contributed by atoms with Crippen LogP contribution >= 0.6 is 0 Å². The van der Waals surface area contributed by atoms with Crippen molar-refractivity contribution in [2.24, 2.45) is 15.8 Å². The minimum atomic E-state index is -0.0335. The molecule has 0 heterocycles. The summed E-state index contributed by atoms with van der Waals surface area (Å²) in [6.07, 6.45) is 7.01. The van der Waals surface area contributed by atoms with Crippen molar-refractivity contribution in [3.8, 4) is 0 Å². The highest BCUT2D eigenvalue weighted by Crippen LogP contribution is 2.29. The summed E-state index contributed by atoms with van der Waals surface area (Å²) in [5, 5.41) is 3.19. The SMILES string of the molecule is C/N=C(\NC)C(C)(C)/C=C(\C)CCC(C)(C)C=C(C)C. The van der Waals surface area contributed by atoms with E-state index in [-0.39, 0.29) is 10.8 Å². The van der Waals surface area contributed by atoms with Crippen molar-refractivity contribution >= 4 is 5.84 Å². The van der Waals surface area contributed by atoms with Gasteiger partial charge in [-0.2, -0.15) is 0 Å². The van der Waals surface area contributed by atoms with Crippen LogP contribution in [0.4, 0.5) is 0 Å². The molecule has 0 spiro atoms. The van der Waals surface area contributed by atoms with Crippen molar-refractivity contribution in [3.63, 3.8) is 0 Å². The van der Waals surface area contributed by atoms with E-state index >= 15 is 0 Å². The largest absolute Gasteiger partial charge is 0.376 e. The first-order valence-corrected chi connectivity index (χ1v) is 7.53. The number of aliphatic imine (C=N–C) groups is 1. The molecule has 0 fully saturated rings. The average molecular weight is 278 g/mol. The van der Waals surface area contributed by atoms with Crippen molar-refractivity contribution in [2.75, 3.05) is 14.1 Å². The summed E-state index contributed by atoms with van der Waals surface area (Å²) in [6.45, 7) is 15.6. The third-order valence-electron chi connectivity index (χ3n) is 3.52. The summed E-state index contributed by atoms with van der Waals surface area (Å²) in [7, 11) is 3.78. The van der Waals surface area contributed by atoms with E-state index in [1.807, 2.05) is 14.1 Å². The maximum Gasteiger partial charge on any atom is 0.105 e. The molecule has 0 aromatic carbocycles. The molecule has 20 heavy (non-hydrogen) atoms. The first-order valence-electron chi connectivity index (χ1n) is 7.53. The maximum atomic E-state index is 4.33. The quantitative estimate of drug-likeness (QED) is 0.413. The Morgan fingerprint density at radius 1 is 1.05 bits per heavy atom. The van der Waals surface area contributed by atoms with Gasteiger partial charge < -0.3 is 5.32 Å². The third kappa shape index (κ3) is 6.93. The van der Waals surface area contributed by atoms with Gasteiger partial charge >= 0.3 is 0 Å². The number of hydrogen-bond acceptors (Lipinski definition) is 1. The number of hydrogen-bond donors (Lipinski definition) is 1. The summed E-state index contributed by atoms with van der Waals surface area (Å²) in [4.78, 5) is 4.33. The van der Waals surface area contributed by atoms with Crippen LogP contribution in [0.1, 0.15) is 61.3 Å². The van der Waals surface area contributed by atoms with Gasteiger partial charge in [-0.15, -0.1) is 0 Å². The van der Waals surface area contributed by atoms with Crippen LogP contribution in [-0.4, -0.2) is 19.9 Å². The molecule has 0 aromatic heterocycles. The zero-order chi connectivity index (χ0) is 16.0. The Balaban J connectivity index is 4.82. The molecular weight excluding hydrogens is 244 g/mol. The molecule has 116 valence electrons. The predicted molar refractivity (Wildman–Crippen MR) is 92.4 cm³/mol. The first-order chi connectivity index (χ1) is 9.04. The van der Waals surface area contributed by atoms with Crippen LogP contribution in [0.15, 0.2) is 28.3 Å². The topological polar surface area (TPSA) is 24.4 Å². The van der Waals surface area contributed by atoms with Gasteiger partial charge in [0.25, 0.3) is 0 Å². The standard InChI is InChI=1S/C18H34N2/c1-14(2)12-17(4,5)11-10-15(3)13-18(6,7)16(19-8)20-9/h12-13H,10-11H2,1-9H3,(H,19,20)/b15-13+. The van der Waals surface area contributed by atoms with E-state index in [0.29, 0.717) is 0 Å². The molecular formula is C18H34N2. The van der Waals surface area contributed by atoms with Crippen molar-refractivity contribution < 1.29 is 0 Å². The summed E-state index contributed by atoms with van der Waals surface area (Å²) >= 11 is 0. The zero-order valence-corrected chi connectivity index (χ0v) is 15.0. The monoisotopic (exact) mass is 278 g/mol. The molecule has 0 aliphatic heterocycles. The molecule has 2 heteroatoms. The Kier molecular flexibility index (Phi) is 7.26. The van der Waals surface area contributed by atoms with Gasteiger partial charge in [-0.1, -0.05) is 37.1 Å². The zero-order valence-electron chi connectivity index (χ0n) is 15.0. The lowest BCUT2D eigenvalue weighted by atomic mass is 9.83. The average Bonchev–Trinajstić information content (AvgIpc) is 2.25. The molecule has 0 saturated heterocycles. The summed E-state index contributed by atoms with van der Waals surface area (Å²) < 4.78 is 0. The first kappa shape index (κ1) is 18.9. The van der Waals surface area contributed by atoms with Crippen LogP contribution in [0.25, 0.3) is 0 Å². The maximum absolute atomic E-state index is 4.33. The smallest absolute Gasteiger partial charge is 0.105 e. The lowest BCUT2D eigenvalue weighted by Gasteiger charge is -2.25. The van der Waals surface area contributed by atoms with E-state index < -0.39 is 0 Å². The van der Waals surface area contributed by atoms with Crippen molar-refractivity contribution in [1.82, 2.24) is 5.32 Å². The van der Waals surface area contributed by atoms with Crippen LogP contribution < -0.4 is 5.32 Å². The molecule has 0 rings (SSSR count). The highest BCUT2D eigenvalue weighted by molar-refractivity contribution is 5.88. The van der Waals surface area contributed by atoms with Gasteiger partial charge in [0.05, 0.1) is 0 Å². The van der Waals surface area contributed by atoms with Crippen LogP contribution in [0.5, 0.6) is 0 Å². The van der Waals surface area contributed by atoms with E-state index in [0.717, 1.165) is 12.3 Å². The van der Waals surface area contributed by atoms with E-state index in [1.165, 1.54) is 17.6 Å². The van der Waals surface area contributed by atoms with Crippen LogP contribution in [-0.2, 0) is 0 Å². The molecule has 0 saturated carbocycles. The predicted octanol–water partition coefficient (Wildman–Crippen LogP) is 4.98. The fourth-order valence-electron chi connectivity index (χ4n) is 2.85. The Hall–Kier alpha value is -1.05. The fourth-order valence-corrected chi connectivity index (χ4v) is 2.85. The Bertz CT molecular complexity index is 392. The number of nitrogens with one attached hydrogen (secondary N) is 1. The lowest BCUT2D eigenvalue weighted by Crippen LogP contribution is -2.33. The van der Waals surface area contributed by atoms with Crippen molar-refractivity contribution in [1.29, 1.82) is 0 Å². The van der Waals surface area contributed by atoms with Crippen molar-refractivity contribution in [3.05, 3.63) is 23.3 Å². The van der Waals surface area contributed by atoms with Gasteiger partial charge in [-0.25, -0.2) is 0 Å². The molecule has 0 unspecified atom stereocenters. The number of amidine groups is 1. The third-order valence-corrected chi connectivity index (χ3v) is 3.52. The second-order valence-electron chi connectivity index (χ2n) is 7.24. The van der Waals surface area contributed by atoms with E-state index in [2.05, 4.69) is 70.9 Å². The lowest BCUT2D eigenvalue weighted by molar-refractivity contribution is 0.433.